The van der Waals surface area contributed by atoms with Crippen LogP contribution in [0.15, 0.2) is 58.8 Å². The Hall–Kier alpha value is -2.78. The Morgan fingerprint density at radius 2 is 1.76 bits per heavy atom. The Morgan fingerprint density at radius 3 is 2.36 bits per heavy atom. The fraction of sp³-hybridized carbons (Fsp3) is 0.0625. The van der Waals surface area contributed by atoms with Crippen molar-refractivity contribution < 1.29 is 17.9 Å². The van der Waals surface area contributed by atoms with Gasteiger partial charge < -0.3 is 4.74 Å². The van der Waals surface area contributed by atoms with Gasteiger partial charge in [0.05, 0.1) is 4.90 Å². The van der Waals surface area contributed by atoms with Crippen LogP contribution in [0, 0.1) is 6.92 Å². The first-order valence-electron chi connectivity index (χ1n) is 7.13. The molecule has 0 saturated carbocycles. The van der Waals surface area contributed by atoms with Crippen molar-refractivity contribution in [1.82, 2.24) is 14.3 Å². The van der Waals surface area contributed by atoms with Gasteiger partial charge in [-0.1, -0.05) is 22.2 Å². The summed E-state index contributed by atoms with van der Waals surface area (Å²) in [6.07, 6.45) is -1.08. The number of carbonyl (C=O) groups is 1. The highest BCUT2D eigenvalue weighted by atomic mass is 32.2. The maximum absolute atomic E-state index is 12.1. The molecular weight excluding hydrogens is 362 g/mol. The van der Waals surface area contributed by atoms with Gasteiger partial charge in [-0.3, -0.25) is 0 Å². The first-order valence-corrected chi connectivity index (χ1v) is 9.45. The molecule has 2 aromatic carbocycles. The fourth-order valence-corrected chi connectivity index (χ4v) is 3.34. The second kappa shape index (κ2) is 6.99. The summed E-state index contributed by atoms with van der Waals surface area (Å²) in [7, 11) is -3.98. The molecule has 1 aromatic heterocycles. The summed E-state index contributed by atoms with van der Waals surface area (Å²) >= 11 is 1.23. The summed E-state index contributed by atoms with van der Waals surface area (Å²) in [4.78, 5) is 11.8. The topological polar surface area (TPSA) is 98.2 Å². The van der Waals surface area contributed by atoms with Gasteiger partial charge >= 0.3 is 6.09 Å². The minimum atomic E-state index is -3.98. The quantitative estimate of drug-likeness (QED) is 0.753. The van der Waals surface area contributed by atoms with E-state index in [9.17, 15) is 13.2 Å². The van der Waals surface area contributed by atoms with Crippen LogP contribution in [-0.2, 0) is 10.0 Å². The Balaban J connectivity index is 1.67. The minimum Gasteiger partial charge on any atom is -0.410 e. The number of aryl methyl sites for hydroxylation is 1. The maximum atomic E-state index is 12.1. The van der Waals surface area contributed by atoms with Crippen molar-refractivity contribution >= 4 is 27.6 Å². The van der Waals surface area contributed by atoms with Gasteiger partial charge in [0.1, 0.15) is 11.4 Å². The molecule has 25 heavy (non-hydrogen) atoms. The van der Waals surface area contributed by atoms with Crippen molar-refractivity contribution in [3.8, 4) is 17.0 Å². The largest absolute Gasteiger partial charge is 0.426 e. The normalized spacial score (nSPS) is 11.1. The van der Waals surface area contributed by atoms with Crippen LogP contribution in [0.2, 0.25) is 0 Å². The Kier molecular flexibility index (Phi) is 4.77. The van der Waals surface area contributed by atoms with Crippen LogP contribution >= 0.6 is 11.5 Å². The lowest BCUT2D eigenvalue weighted by Gasteiger charge is -2.08. The molecule has 3 aromatic rings. The molecule has 7 nitrogen and oxygen atoms in total. The number of amides is 1. The Morgan fingerprint density at radius 1 is 1.08 bits per heavy atom. The molecule has 0 saturated heterocycles. The molecule has 0 aliphatic carbocycles. The molecule has 0 radical (unpaired) electrons. The number of hydrogen-bond acceptors (Lipinski definition) is 7. The number of benzene rings is 2. The summed E-state index contributed by atoms with van der Waals surface area (Å²) in [5.41, 5.74) is 2.44. The van der Waals surface area contributed by atoms with Crippen molar-refractivity contribution in [2.24, 2.45) is 0 Å². The summed E-state index contributed by atoms with van der Waals surface area (Å²) in [6, 6.07) is 12.6. The molecule has 3 rings (SSSR count). The monoisotopic (exact) mass is 375 g/mol. The number of rotatable bonds is 4. The molecule has 0 aliphatic rings. The van der Waals surface area contributed by atoms with Gasteiger partial charge in [0.2, 0.25) is 0 Å². The molecular formula is C16H13N3O4S2. The third-order valence-corrected chi connectivity index (χ3v) is 5.10. The maximum Gasteiger partial charge on any atom is 0.426 e. The highest BCUT2D eigenvalue weighted by Crippen LogP contribution is 2.21. The van der Waals surface area contributed by atoms with Crippen LogP contribution in [0.5, 0.6) is 5.75 Å². The third kappa shape index (κ3) is 4.20. The lowest BCUT2D eigenvalue weighted by Crippen LogP contribution is -2.33. The van der Waals surface area contributed by atoms with Gasteiger partial charge in [-0.2, -0.15) is 0 Å². The molecule has 0 unspecified atom stereocenters. The summed E-state index contributed by atoms with van der Waals surface area (Å²) in [5, 5.41) is 5.72. The van der Waals surface area contributed by atoms with E-state index in [0.717, 1.165) is 11.1 Å². The first-order chi connectivity index (χ1) is 11.9. The SMILES string of the molecule is Cc1ccc(S(=O)(=O)NC(=O)Oc2ccc(-c3csnn3)cc2)cc1. The molecule has 1 amide bonds. The molecule has 1 heterocycles. The van der Waals surface area contributed by atoms with Crippen LogP contribution in [0.4, 0.5) is 4.79 Å². The molecule has 0 fully saturated rings. The second-order valence-corrected chi connectivity index (χ2v) is 7.41. The fourth-order valence-electron chi connectivity index (χ4n) is 2.00. The Labute approximate surface area is 148 Å². The zero-order chi connectivity index (χ0) is 17.9. The van der Waals surface area contributed by atoms with Crippen LogP contribution in [-0.4, -0.2) is 24.1 Å². The predicted molar refractivity (Wildman–Crippen MR) is 92.9 cm³/mol. The van der Waals surface area contributed by atoms with Gasteiger partial charge in [-0.05, 0) is 54.9 Å². The molecule has 128 valence electrons. The number of nitrogens with one attached hydrogen (secondary N) is 1. The molecule has 0 aliphatic heterocycles. The first kappa shape index (κ1) is 17.1. The molecule has 9 heteroatoms. The van der Waals surface area contributed by atoms with Gasteiger partial charge in [0.15, 0.2) is 0 Å². The molecule has 0 bridgehead atoms. The van der Waals surface area contributed by atoms with Crippen LogP contribution < -0.4 is 9.46 Å². The van der Waals surface area contributed by atoms with Crippen molar-refractivity contribution in [2.45, 2.75) is 11.8 Å². The number of carbonyl (C=O) groups excluding carboxylic acids is 1. The zero-order valence-electron chi connectivity index (χ0n) is 13.0. The highest BCUT2D eigenvalue weighted by molar-refractivity contribution is 7.90. The number of hydrogen-bond donors (Lipinski definition) is 1. The van der Waals surface area contributed by atoms with Gasteiger partial charge in [-0.15, -0.1) is 5.10 Å². The minimum absolute atomic E-state index is 0.0126. The van der Waals surface area contributed by atoms with Crippen LogP contribution in [0.25, 0.3) is 11.3 Å². The lowest BCUT2D eigenvalue weighted by atomic mass is 10.2. The second-order valence-electron chi connectivity index (χ2n) is 5.12. The number of nitrogens with zero attached hydrogens (tertiary/aromatic N) is 2. The van der Waals surface area contributed by atoms with Gasteiger partial charge in [-0.25, -0.2) is 17.9 Å². The standard InChI is InChI=1S/C16H13N3O4S2/c1-11-2-8-14(9-3-11)25(21,22)18-16(20)23-13-6-4-12(5-7-13)15-10-24-19-17-15/h2-10H,1H3,(H,18,20). The molecule has 0 spiro atoms. The van der Waals surface area contributed by atoms with Crippen molar-refractivity contribution in [2.75, 3.05) is 0 Å². The van der Waals surface area contributed by atoms with E-state index in [1.165, 1.54) is 23.7 Å². The summed E-state index contributed by atoms with van der Waals surface area (Å²) in [5.74, 6) is 0.212. The predicted octanol–water partition coefficient (Wildman–Crippen LogP) is 2.99. The number of ether oxygens (including phenoxy) is 1. The molecule has 1 N–H and O–H groups in total. The van der Waals surface area contributed by atoms with Gasteiger partial charge in [0.25, 0.3) is 10.0 Å². The van der Waals surface area contributed by atoms with E-state index < -0.39 is 16.1 Å². The van der Waals surface area contributed by atoms with Gasteiger partial charge in [0, 0.05) is 10.9 Å². The number of aromatic nitrogens is 2. The van der Waals surface area contributed by atoms with E-state index in [1.807, 2.05) is 11.6 Å². The van der Waals surface area contributed by atoms with Crippen molar-refractivity contribution in [1.29, 1.82) is 0 Å². The van der Waals surface area contributed by atoms with Crippen molar-refractivity contribution in [3.05, 3.63) is 59.5 Å². The van der Waals surface area contributed by atoms with Crippen molar-refractivity contribution in [3.63, 3.8) is 0 Å². The Bertz CT molecular complexity index is 967. The third-order valence-electron chi connectivity index (χ3n) is 3.27. The van der Waals surface area contributed by atoms with E-state index >= 15 is 0 Å². The van der Waals surface area contributed by atoms with Crippen LogP contribution in [0.1, 0.15) is 5.56 Å². The molecule has 0 atom stereocenters. The van der Waals surface area contributed by atoms with E-state index in [1.54, 1.807) is 41.8 Å². The van der Waals surface area contributed by atoms with E-state index in [0.29, 0.717) is 5.69 Å². The van der Waals surface area contributed by atoms with E-state index in [-0.39, 0.29) is 10.6 Å². The average Bonchev–Trinajstić information content (AvgIpc) is 3.10. The summed E-state index contributed by atoms with van der Waals surface area (Å²) in [6.45, 7) is 1.84. The number of sulfonamides is 1. The summed E-state index contributed by atoms with van der Waals surface area (Å²) < 4.78 is 34.9. The highest BCUT2D eigenvalue weighted by Gasteiger charge is 2.18. The average molecular weight is 375 g/mol. The smallest absolute Gasteiger partial charge is 0.410 e. The van der Waals surface area contributed by atoms with E-state index in [2.05, 4.69) is 9.59 Å². The lowest BCUT2D eigenvalue weighted by molar-refractivity contribution is 0.207. The van der Waals surface area contributed by atoms with Crippen LogP contribution in [0.3, 0.4) is 0 Å². The zero-order valence-corrected chi connectivity index (χ0v) is 14.7. The van der Waals surface area contributed by atoms with E-state index in [4.69, 9.17) is 4.74 Å².